The summed E-state index contributed by atoms with van der Waals surface area (Å²) in [7, 11) is -2.01. The van der Waals surface area contributed by atoms with Gasteiger partial charge in [0.05, 0.1) is 6.33 Å². The van der Waals surface area contributed by atoms with Crippen molar-refractivity contribution in [3.05, 3.63) is 48.2 Å². The van der Waals surface area contributed by atoms with Gasteiger partial charge < -0.3 is 10.3 Å². The molecule has 1 aliphatic heterocycles. The van der Waals surface area contributed by atoms with Crippen molar-refractivity contribution in [2.75, 3.05) is 13.1 Å². The second-order valence-electron chi connectivity index (χ2n) is 5.49. The summed E-state index contributed by atoms with van der Waals surface area (Å²) in [5.74, 6) is -0.722. The first-order chi connectivity index (χ1) is 10.4. The van der Waals surface area contributed by atoms with Gasteiger partial charge in [0, 0.05) is 38.3 Å². The molecule has 6 nitrogen and oxygen atoms in total. The van der Waals surface area contributed by atoms with Gasteiger partial charge in [-0.05, 0) is 11.6 Å². The standard InChI is InChI=1S/C14H17FN4O2S/c1-18-8-14(17-9-18)22(20,21)19-6-11(13(16)7-19)10-4-2-3-5-12(10)15/h2-5,8-9,11,13H,6-7,16H2,1H3/t11-,13+/m0/s1. The van der Waals surface area contributed by atoms with Gasteiger partial charge in [0.15, 0.2) is 5.03 Å². The molecule has 3 rings (SSSR count). The molecule has 2 heterocycles. The van der Waals surface area contributed by atoms with E-state index >= 15 is 0 Å². The summed E-state index contributed by atoms with van der Waals surface area (Å²) in [5.41, 5.74) is 6.50. The lowest BCUT2D eigenvalue weighted by Crippen LogP contribution is -2.32. The number of imidazole rings is 1. The van der Waals surface area contributed by atoms with Crippen LogP contribution < -0.4 is 5.73 Å². The van der Waals surface area contributed by atoms with Crippen LogP contribution in [0.1, 0.15) is 11.5 Å². The van der Waals surface area contributed by atoms with Crippen molar-refractivity contribution in [3.63, 3.8) is 0 Å². The van der Waals surface area contributed by atoms with Crippen molar-refractivity contribution in [2.24, 2.45) is 12.8 Å². The minimum atomic E-state index is -3.71. The molecule has 0 spiro atoms. The molecular formula is C14H17FN4O2S. The summed E-state index contributed by atoms with van der Waals surface area (Å²) in [6, 6.07) is 5.88. The number of aryl methyl sites for hydroxylation is 1. The van der Waals surface area contributed by atoms with Gasteiger partial charge in [0.1, 0.15) is 5.82 Å². The van der Waals surface area contributed by atoms with Crippen molar-refractivity contribution in [1.29, 1.82) is 0 Å². The summed E-state index contributed by atoms with van der Waals surface area (Å²) in [4.78, 5) is 3.89. The fraction of sp³-hybridized carbons (Fsp3) is 0.357. The van der Waals surface area contributed by atoms with Gasteiger partial charge in [-0.15, -0.1) is 0 Å². The highest BCUT2D eigenvalue weighted by Gasteiger charge is 2.40. The van der Waals surface area contributed by atoms with E-state index < -0.39 is 16.1 Å². The predicted molar refractivity (Wildman–Crippen MR) is 79.1 cm³/mol. The van der Waals surface area contributed by atoms with Crippen molar-refractivity contribution >= 4 is 10.0 Å². The maximum Gasteiger partial charge on any atom is 0.262 e. The number of rotatable bonds is 3. The van der Waals surface area contributed by atoms with Crippen LogP contribution in [0.4, 0.5) is 4.39 Å². The second-order valence-corrected chi connectivity index (χ2v) is 7.38. The molecule has 1 fully saturated rings. The Balaban J connectivity index is 1.89. The lowest BCUT2D eigenvalue weighted by atomic mass is 9.94. The maximum absolute atomic E-state index is 13.9. The van der Waals surface area contributed by atoms with Crippen molar-refractivity contribution < 1.29 is 12.8 Å². The minimum absolute atomic E-state index is 0.0172. The van der Waals surface area contributed by atoms with Gasteiger partial charge in [-0.3, -0.25) is 0 Å². The molecule has 118 valence electrons. The Bertz CT molecular complexity index is 790. The predicted octanol–water partition coefficient (Wildman–Crippen LogP) is 0.675. The molecule has 2 N–H and O–H groups in total. The van der Waals surface area contributed by atoms with Crippen LogP contribution >= 0.6 is 0 Å². The number of aromatic nitrogens is 2. The number of benzene rings is 1. The van der Waals surface area contributed by atoms with Gasteiger partial charge >= 0.3 is 0 Å². The quantitative estimate of drug-likeness (QED) is 0.900. The first-order valence-electron chi connectivity index (χ1n) is 6.87. The Morgan fingerprint density at radius 3 is 2.68 bits per heavy atom. The van der Waals surface area contributed by atoms with Crippen LogP contribution in [0.3, 0.4) is 0 Å². The van der Waals surface area contributed by atoms with E-state index in [0.29, 0.717) is 5.56 Å². The molecule has 1 saturated heterocycles. The first kappa shape index (κ1) is 15.1. The number of hydrogen-bond donors (Lipinski definition) is 1. The molecule has 22 heavy (non-hydrogen) atoms. The van der Waals surface area contributed by atoms with Gasteiger partial charge in [0.2, 0.25) is 0 Å². The minimum Gasteiger partial charge on any atom is -0.339 e. The smallest absolute Gasteiger partial charge is 0.262 e. The molecule has 8 heteroatoms. The average Bonchev–Trinajstić information content (AvgIpc) is 3.06. The third-order valence-electron chi connectivity index (χ3n) is 3.92. The zero-order valence-electron chi connectivity index (χ0n) is 12.1. The van der Waals surface area contributed by atoms with Crippen LogP contribution in [0.15, 0.2) is 41.8 Å². The molecule has 0 aliphatic carbocycles. The van der Waals surface area contributed by atoms with Crippen LogP contribution in [-0.2, 0) is 17.1 Å². The third-order valence-corrected chi connectivity index (χ3v) is 5.64. The number of nitrogens with two attached hydrogens (primary N) is 1. The second kappa shape index (κ2) is 5.45. The Labute approximate surface area is 128 Å². The van der Waals surface area contributed by atoms with E-state index in [-0.39, 0.29) is 29.9 Å². The number of hydrogen-bond acceptors (Lipinski definition) is 4. The molecule has 0 amide bonds. The van der Waals surface area contributed by atoms with E-state index in [0.717, 1.165) is 0 Å². The van der Waals surface area contributed by atoms with Crippen LogP contribution in [0, 0.1) is 5.82 Å². The van der Waals surface area contributed by atoms with Crippen LogP contribution in [0.5, 0.6) is 0 Å². The zero-order valence-corrected chi connectivity index (χ0v) is 12.9. The van der Waals surface area contributed by atoms with E-state index in [4.69, 9.17) is 5.73 Å². The molecule has 1 aliphatic rings. The highest BCUT2D eigenvalue weighted by molar-refractivity contribution is 7.89. The summed E-state index contributed by atoms with van der Waals surface area (Å²) >= 11 is 0. The molecule has 0 radical (unpaired) electrons. The number of halogens is 1. The van der Waals surface area contributed by atoms with Crippen molar-refractivity contribution in [3.8, 4) is 0 Å². The zero-order chi connectivity index (χ0) is 15.9. The average molecular weight is 324 g/mol. The molecular weight excluding hydrogens is 307 g/mol. The van der Waals surface area contributed by atoms with Gasteiger partial charge in [-0.25, -0.2) is 17.8 Å². The topological polar surface area (TPSA) is 81.2 Å². The molecule has 0 unspecified atom stereocenters. The highest BCUT2D eigenvalue weighted by atomic mass is 32.2. The SMILES string of the molecule is Cn1cnc(S(=O)(=O)N2C[C@@H](N)[C@H](c3ccccc3F)C2)c1. The molecule has 2 aromatic rings. The normalized spacial score (nSPS) is 23.0. The Morgan fingerprint density at radius 2 is 2.05 bits per heavy atom. The molecule has 1 aromatic heterocycles. The van der Waals surface area contributed by atoms with Crippen LogP contribution in [0.2, 0.25) is 0 Å². The van der Waals surface area contributed by atoms with Crippen LogP contribution in [-0.4, -0.2) is 41.4 Å². The van der Waals surface area contributed by atoms with Crippen molar-refractivity contribution in [1.82, 2.24) is 13.9 Å². The monoisotopic (exact) mass is 324 g/mol. The fourth-order valence-electron chi connectivity index (χ4n) is 2.75. The summed E-state index contributed by atoms with van der Waals surface area (Å²) < 4.78 is 41.9. The molecule has 0 bridgehead atoms. The highest BCUT2D eigenvalue weighted by Crippen LogP contribution is 2.31. The molecule has 0 saturated carbocycles. The Kier molecular flexibility index (Phi) is 3.75. The Morgan fingerprint density at radius 1 is 1.32 bits per heavy atom. The van der Waals surface area contributed by atoms with Gasteiger partial charge in [-0.2, -0.15) is 4.31 Å². The van der Waals surface area contributed by atoms with Gasteiger partial charge in [0.25, 0.3) is 10.0 Å². The maximum atomic E-state index is 13.9. The number of nitrogens with zero attached hydrogens (tertiary/aromatic N) is 3. The van der Waals surface area contributed by atoms with E-state index in [1.807, 2.05) is 0 Å². The lowest BCUT2D eigenvalue weighted by molar-refractivity contribution is 0.466. The molecule has 1 aromatic carbocycles. The van der Waals surface area contributed by atoms with E-state index in [1.54, 1.807) is 29.8 Å². The van der Waals surface area contributed by atoms with E-state index in [2.05, 4.69) is 4.98 Å². The van der Waals surface area contributed by atoms with Gasteiger partial charge in [-0.1, -0.05) is 18.2 Å². The summed E-state index contributed by atoms with van der Waals surface area (Å²) in [6.45, 7) is 0.304. The molecule has 2 atom stereocenters. The number of sulfonamides is 1. The Hall–Kier alpha value is -1.77. The summed E-state index contributed by atoms with van der Waals surface area (Å²) in [6.07, 6.45) is 2.87. The fourth-order valence-corrected chi connectivity index (χ4v) is 4.22. The van der Waals surface area contributed by atoms with Crippen molar-refractivity contribution in [2.45, 2.75) is 17.0 Å². The third kappa shape index (κ3) is 2.53. The van der Waals surface area contributed by atoms with E-state index in [9.17, 15) is 12.8 Å². The summed E-state index contributed by atoms with van der Waals surface area (Å²) in [5, 5.41) is -0.0172. The largest absolute Gasteiger partial charge is 0.339 e. The lowest BCUT2D eigenvalue weighted by Gasteiger charge is -2.15. The first-order valence-corrected chi connectivity index (χ1v) is 8.31. The van der Waals surface area contributed by atoms with Crippen LogP contribution in [0.25, 0.3) is 0 Å². The van der Waals surface area contributed by atoms with E-state index in [1.165, 1.54) is 22.9 Å².